The predicted octanol–water partition coefficient (Wildman–Crippen LogP) is 2.50. The van der Waals surface area contributed by atoms with Gasteiger partial charge in [-0.3, -0.25) is 0 Å². The lowest BCUT2D eigenvalue weighted by atomic mass is 9.82. The first kappa shape index (κ1) is 11.4. The Morgan fingerprint density at radius 3 is 2.88 bits per heavy atom. The number of anilines is 1. The van der Waals surface area contributed by atoms with Crippen LogP contribution in [0.4, 0.5) is 5.69 Å². The Labute approximate surface area is 103 Å². The van der Waals surface area contributed by atoms with E-state index in [0.717, 1.165) is 29.5 Å². The molecule has 0 aromatic heterocycles. The van der Waals surface area contributed by atoms with Crippen LogP contribution in [0.25, 0.3) is 0 Å². The molecular weight excluding hydrogens is 268 g/mol. The van der Waals surface area contributed by atoms with E-state index in [1.165, 1.54) is 0 Å². The fourth-order valence-electron chi connectivity index (χ4n) is 1.91. The van der Waals surface area contributed by atoms with E-state index in [4.69, 9.17) is 5.26 Å². The Kier molecular flexibility index (Phi) is 3.47. The van der Waals surface area contributed by atoms with Crippen LogP contribution in [-0.2, 0) is 0 Å². The molecule has 1 aromatic rings. The molecule has 0 spiro atoms. The van der Waals surface area contributed by atoms with Gasteiger partial charge >= 0.3 is 0 Å². The van der Waals surface area contributed by atoms with E-state index >= 15 is 0 Å². The van der Waals surface area contributed by atoms with Gasteiger partial charge < -0.3 is 10.4 Å². The first-order valence-corrected chi connectivity index (χ1v) is 6.10. The number of nitrogens with one attached hydrogen (secondary N) is 1. The van der Waals surface area contributed by atoms with Crippen molar-refractivity contribution in [3.05, 3.63) is 28.2 Å². The van der Waals surface area contributed by atoms with Gasteiger partial charge in [0.25, 0.3) is 0 Å². The van der Waals surface area contributed by atoms with Crippen LogP contribution in [-0.4, -0.2) is 17.8 Å². The summed E-state index contributed by atoms with van der Waals surface area (Å²) in [6.07, 6.45) is 1.61. The summed E-state index contributed by atoms with van der Waals surface area (Å²) in [5.41, 5.74) is 1.50. The minimum absolute atomic E-state index is 0.121. The van der Waals surface area contributed by atoms with Gasteiger partial charge in [-0.15, -0.1) is 0 Å². The Hall–Kier alpha value is -1.05. The Balaban J connectivity index is 1.99. The van der Waals surface area contributed by atoms with Crippen molar-refractivity contribution in [3.63, 3.8) is 0 Å². The van der Waals surface area contributed by atoms with Crippen molar-refractivity contribution in [2.75, 3.05) is 11.9 Å². The van der Waals surface area contributed by atoms with Gasteiger partial charge in [0, 0.05) is 11.0 Å². The molecule has 2 rings (SSSR count). The molecule has 1 fully saturated rings. The van der Waals surface area contributed by atoms with E-state index in [2.05, 4.69) is 27.3 Å². The number of aliphatic hydroxyl groups is 1. The summed E-state index contributed by atoms with van der Waals surface area (Å²) in [7, 11) is 0. The van der Waals surface area contributed by atoms with Crippen LogP contribution >= 0.6 is 15.9 Å². The lowest BCUT2D eigenvalue weighted by Crippen LogP contribution is -2.33. The molecule has 16 heavy (non-hydrogen) atoms. The molecule has 0 saturated heterocycles. The maximum atomic E-state index is 9.17. The highest BCUT2D eigenvalue weighted by Crippen LogP contribution is 2.29. The molecular formula is C12H13BrN2O. The van der Waals surface area contributed by atoms with Gasteiger partial charge in [-0.25, -0.2) is 0 Å². The van der Waals surface area contributed by atoms with Crippen molar-refractivity contribution in [1.29, 1.82) is 5.26 Å². The molecule has 3 nitrogen and oxygen atoms in total. The Bertz CT molecular complexity index is 422. The van der Waals surface area contributed by atoms with Crippen molar-refractivity contribution in [2.24, 2.45) is 5.92 Å². The number of nitriles is 1. The highest BCUT2D eigenvalue weighted by atomic mass is 79.9. The highest BCUT2D eigenvalue weighted by Gasteiger charge is 2.26. The molecule has 4 heteroatoms. The third kappa shape index (κ3) is 2.37. The van der Waals surface area contributed by atoms with Crippen LogP contribution < -0.4 is 5.32 Å². The third-order valence-electron chi connectivity index (χ3n) is 2.92. The Morgan fingerprint density at radius 2 is 2.25 bits per heavy atom. The molecule has 84 valence electrons. The molecule has 1 aliphatic rings. The predicted molar refractivity (Wildman–Crippen MR) is 66.1 cm³/mol. The van der Waals surface area contributed by atoms with E-state index in [-0.39, 0.29) is 6.10 Å². The molecule has 0 amide bonds. The van der Waals surface area contributed by atoms with E-state index < -0.39 is 0 Å². The topological polar surface area (TPSA) is 56.0 Å². The quantitative estimate of drug-likeness (QED) is 0.895. The molecule has 0 atom stereocenters. The smallest absolute Gasteiger partial charge is 0.103 e. The van der Waals surface area contributed by atoms with Crippen molar-refractivity contribution in [2.45, 2.75) is 18.9 Å². The summed E-state index contributed by atoms with van der Waals surface area (Å²) in [4.78, 5) is 0. The van der Waals surface area contributed by atoms with E-state index in [0.29, 0.717) is 11.5 Å². The minimum atomic E-state index is -0.121. The average Bonchev–Trinajstić information content (AvgIpc) is 2.23. The lowest BCUT2D eigenvalue weighted by Gasteiger charge is -2.31. The first-order valence-electron chi connectivity index (χ1n) is 5.31. The highest BCUT2D eigenvalue weighted by molar-refractivity contribution is 9.10. The average molecular weight is 281 g/mol. The van der Waals surface area contributed by atoms with Gasteiger partial charge in [0.05, 0.1) is 17.4 Å². The van der Waals surface area contributed by atoms with Gasteiger partial charge in [0.1, 0.15) is 6.07 Å². The van der Waals surface area contributed by atoms with Crippen LogP contribution in [0.3, 0.4) is 0 Å². The molecule has 0 aliphatic heterocycles. The summed E-state index contributed by atoms with van der Waals surface area (Å²) < 4.78 is 0.814. The van der Waals surface area contributed by atoms with E-state index in [9.17, 15) is 5.11 Å². The first-order chi connectivity index (χ1) is 7.70. The number of rotatable bonds is 3. The summed E-state index contributed by atoms with van der Waals surface area (Å²) in [5, 5.41) is 21.5. The molecule has 2 N–H and O–H groups in total. The maximum absolute atomic E-state index is 9.17. The number of hydrogen-bond acceptors (Lipinski definition) is 3. The minimum Gasteiger partial charge on any atom is -0.393 e. The number of aliphatic hydroxyl groups excluding tert-OH is 1. The summed E-state index contributed by atoms with van der Waals surface area (Å²) in [6, 6.07) is 7.84. The van der Waals surface area contributed by atoms with E-state index in [1.54, 1.807) is 0 Å². The molecule has 0 unspecified atom stereocenters. The van der Waals surface area contributed by atoms with Crippen molar-refractivity contribution in [1.82, 2.24) is 0 Å². The normalized spacial score (nSPS) is 23.3. The zero-order chi connectivity index (χ0) is 11.5. The number of hydrogen-bond donors (Lipinski definition) is 2. The summed E-state index contributed by atoms with van der Waals surface area (Å²) >= 11 is 3.35. The molecule has 0 heterocycles. The second-order valence-corrected chi connectivity index (χ2v) is 5.00. The van der Waals surface area contributed by atoms with Gasteiger partial charge in [-0.2, -0.15) is 5.26 Å². The number of nitrogens with zero attached hydrogens (tertiary/aromatic N) is 1. The SMILES string of the molecule is N#Cc1c(Br)cccc1NCC1CC(O)C1. The summed E-state index contributed by atoms with van der Waals surface area (Å²) in [6.45, 7) is 0.822. The van der Waals surface area contributed by atoms with Crippen LogP contribution in [0.5, 0.6) is 0 Å². The van der Waals surface area contributed by atoms with Crippen LogP contribution in [0, 0.1) is 17.2 Å². The molecule has 0 radical (unpaired) electrons. The fourth-order valence-corrected chi connectivity index (χ4v) is 2.36. The van der Waals surface area contributed by atoms with Gasteiger partial charge in [-0.05, 0) is 46.8 Å². The molecule has 0 bridgehead atoms. The second-order valence-electron chi connectivity index (χ2n) is 4.15. The number of halogens is 1. The maximum Gasteiger partial charge on any atom is 0.103 e. The largest absolute Gasteiger partial charge is 0.393 e. The van der Waals surface area contributed by atoms with Gasteiger partial charge in [-0.1, -0.05) is 6.07 Å². The molecule has 1 aromatic carbocycles. The zero-order valence-corrected chi connectivity index (χ0v) is 10.4. The van der Waals surface area contributed by atoms with Crippen molar-refractivity contribution < 1.29 is 5.11 Å². The summed E-state index contributed by atoms with van der Waals surface area (Å²) in [5.74, 6) is 0.528. The van der Waals surface area contributed by atoms with Gasteiger partial charge in [0.2, 0.25) is 0 Å². The van der Waals surface area contributed by atoms with Crippen molar-refractivity contribution >= 4 is 21.6 Å². The monoisotopic (exact) mass is 280 g/mol. The molecule has 1 saturated carbocycles. The third-order valence-corrected chi connectivity index (χ3v) is 3.58. The second kappa shape index (κ2) is 4.86. The van der Waals surface area contributed by atoms with Gasteiger partial charge in [0.15, 0.2) is 0 Å². The zero-order valence-electron chi connectivity index (χ0n) is 8.78. The van der Waals surface area contributed by atoms with Crippen LogP contribution in [0.1, 0.15) is 18.4 Å². The lowest BCUT2D eigenvalue weighted by molar-refractivity contribution is 0.0487. The fraction of sp³-hybridized carbons (Fsp3) is 0.417. The standard InChI is InChI=1S/C12H13BrN2O/c13-11-2-1-3-12(10(11)6-14)15-7-8-4-9(16)5-8/h1-3,8-9,15-16H,4-5,7H2. The van der Waals surface area contributed by atoms with Crippen LogP contribution in [0.2, 0.25) is 0 Å². The van der Waals surface area contributed by atoms with Crippen molar-refractivity contribution in [3.8, 4) is 6.07 Å². The van der Waals surface area contributed by atoms with Crippen LogP contribution in [0.15, 0.2) is 22.7 Å². The van der Waals surface area contributed by atoms with E-state index in [1.807, 2.05) is 18.2 Å². The number of benzene rings is 1. The molecule has 1 aliphatic carbocycles. The Morgan fingerprint density at radius 1 is 1.50 bits per heavy atom.